The summed E-state index contributed by atoms with van der Waals surface area (Å²) in [5.41, 5.74) is 1.69. The summed E-state index contributed by atoms with van der Waals surface area (Å²) < 4.78 is 30.3. The van der Waals surface area contributed by atoms with Gasteiger partial charge in [0.25, 0.3) is 0 Å². The Bertz CT molecular complexity index is 848. The van der Waals surface area contributed by atoms with E-state index >= 15 is 0 Å². The highest BCUT2D eigenvalue weighted by molar-refractivity contribution is 6.32. The molecule has 8 heteroatoms. The van der Waals surface area contributed by atoms with Crippen LogP contribution in [-0.4, -0.2) is 50.9 Å². The number of benzene rings is 2. The van der Waals surface area contributed by atoms with Crippen LogP contribution in [0.3, 0.4) is 0 Å². The first-order chi connectivity index (χ1) is 15.1. The molecule has 0 bridgehead atoms. The molecule has 1 aliphatic heterocycles. The largest absolute Gasteiger partial charge is 0.490 e. The third-order valence-electron chi connectivity index (χ3n) is 5.02. The SMILES string of the molecule is CCOc1cc(CNCCCN2CCOCC2)cc(Cl)c1OCc1ccc(F)cc1Cl. The van der Waals surface area contributed by atoms with E-state index in [4.69, 9.17) is 37.4 Å². The van der Waals surface area contributed by atoms with Crippen molar-refractivity contribution in [3.63, 3.8) is 0 Å². The molecule has 1 heterocycles. The van der Waals surface area contributed by atoms with Crippen LogP contribution in [0.2, 0.25) is 10.0 Å². The maximum Gasteiger partial charge on any atom is 0.180 e. The lowest BCUT2D eigenvalue weighted by Gasteiger charge is -2.26. The molecule has 0 saturated carbocycles. The van der Waals surface area contributed by atoms with E-state index in [1.807, 2.05) is 19.1 Å². The van der Waals surface area contributed by atoms with Gasteiger partial charge in [0, 0.05) is 25.2 Å². The van der Waals surface area contributed by atoms with Gasteiger partial charge in [0.1, 0.15) is 12.4 Å². The van der Waals surface area contributed by atoms with Gasteiger partial charge in [-0.15, -0.1) is 0 Å². The molecule has 1 saturated heterocycles. The standard InChI is InChI=1S/C23H29Cl2FN2O3/c1-2-30-22-13-17(15-27-6-3-7-28-8-10-29-11-9-28)12-21(25)23(22)31-16-18-4-5-19(26)14-20(18)24/h4-5,12-14,27H,2-3,6-11,15-16H2,1H3. The quantitative estimate of drug-likeness (QED) is 0.472. The van der Waals surface area contributed by atoms with E-state index in [1.54, 1.807) is 6.07 Å². The molecule has 3 rings (SSSR count). The molecule has 1 fully saturated rings. The van der Waals surface area contributed by atoms with Crippen LogP contribution in [0.1, 0.15) is 24.5 Å². The molecule has 1 N–H and O–H groups in total. The van der Waals surface area contributed by atoms with Crippen LogP contribution in [0.25, 0.3) is 0 Å². The third-order valence-corrected chi connectivity index (χ3v) is 5.65. The Morgan fingerprint density at radius 1 is 1.10 bits per heavy atom. The fourth-order valence-corrected chi connectivity index (χ4v) is 3.91. The second-order valence-electron chi connectivity index (χ2n) is 7.35. The highest BCUT2D eigenvalue weighted by Gasteiger charge is 2.14. The minimum absolute atomic E-state index is 0.165. The van der Waals surface area contributed by atoms with Crippen LogP contribution < -0.4 is 14.8 Å². The molecule has 1 aliphatic rings. The lowest BCUT2D eigenvalue weighted by Crippen LogP contribution is -2.37. The maximum absolute atomic E-state index is 13.2. The summed E-state index contributed by atoms with van der Waals surface area (Å²) in [7, 11) is 0. The van der Waals surface area contributed by atoms with Gasteiger partial charge in [-0.2, -0.15) is 0 Å². The van der Waals surface area contributed by atoms with Crippen molar-refractivity contribution in [2.75, 3.05) is 46.0 Å². The Morgan fingerprint density at radius 3 is 2.65 bits per heavy atom. The number of hydrogen-bond donors (Lipinski definition) is 1. The van der Waals surface area contributed by atoms with Crippen molar-refractivity contribution in [1.29, 1.82) is 0 Å². The van der Waals surface area contributed by atoms with Gasteiger partial charge in [-0.05, 0) is 56.3 Å². The molecule has 170 valence electrons. The van der Waals surface area contributed by atoms with Crippen molar-refractivity contribution in [3.8, 4) is 11.5 Å². The Morgan fingerprint density at radius 2 is 1.90 bits per heavy atom. The van der Waals surface area contributed by atoms with Crippen LogP contribution in [-0.2, 0) is 17.9 Å². The number of nitrogens with zero attached hydrogens (tertiary/aromatic N) is 1. The van der Waals surface area contributed by atoms with Gasteiger partial charge in [-0.3, -0.25) is 4.90 Å². The van der Waals surface area contributed by atoms with E-state index in [0.717, 1.165) is 51.4 Å². The lowest BCUT2D eigenvalue weighted by atomic mass is 10.2. The van der Waals surface area contributed by atoms with Crippen molar-refractivity contribution in [1.82, 2.24) is 10.2 Å². The van der Waals surface area contributed by atoms with Crippen LogP contribution in [0.15, 0.2) is 30.3 Å². The zero-order chi connectivity index (χ0) is 22.1. The number of halogens is 3. The number of morpholine rings is 1. The zero-order valence-corrected chi connectivity index (χ0v) is 19.3. The predicted molar refractivity (Wildman–Crippen MR) is 122 cm³/mol. The number of rotatable bonds is 11. The number of ether oxygens (including phenoxy) is 3. The minimum atomic E-state index is -0.386. The smallest absolute Gasteiger partial charge is 0.180 e. The topological polar surface area (TPSA) is 43.0 Å². The summed E-state index contributed by atoms with van der Waals surface area (Å²) in [5.74, 6) is 0.655. The highest BCUT2D eigenvalue weighted by atomic mass is 35.5. The Kier molecular flexibility index (Phi) is 9.68. The zero-order valence-electron chi connectivity index (χ0n) is 17.8. The van der Waals surface area contributed by atoms with Crippen molar-refractivity contribution in [2.45, 2.75) is 26.5 Å². The molecule has 0 radical (unpaired) electrons. The minimum Gasteiger partial charge on any atom is -0.490 e. The van der Waals surface area contributed by atoms with Crippen LogP contribution >= 0.6 is 23.2 Å². The summed E-state index contributed by atoms with van der Waals surface area (Å²) >= 11 is 12.6. The van der Waals surface area contributed by atoms with Gasteiger partial charge in [-0.1, -0.05) is 29.3 Å². The molecule has 0 spiro atoms. The van der Waals surface area contributed by atoms with Crippen molar-refractivity contribution in [3.05, 3.63) is 57.3 Å². The van der Waals surface area contributed by atoms with E-state index < -0.39 is 0 Å². The van der Waals surface area contributed by atoms with E-state index in [-0.39, 0.29) is 12.4 Å². The third kappa shape index (κ3) is 7.51. The molecular weight excluding hydrogens is 442 g/mol. The molecule has 0 aliphatic carbocycles. The second kappa shape index (κ2) is 12.5. The molecule has 0 amide bonds. The van der Waals surface area contributed by atoms with E-state index in [9.17, 15) is 4.39 Å². The summed E-state index contributed by atoms with van der Waals surface area (Å²) in [4.78, 5) is 2.43. The molecule has 0 aromatic heterocycles. The van der Waals surface area contributed by atoms with Crippen LogP contribution in [0, 0.1) is 5.82 Å². The first-order valence-corrected chi connectivity index (χ1v) is 11.3. The van der Waals surface area contributed by atoms with Crippen LogP contribution in [0.5, 0.6) is 11.5 Å². The molecule has 2 aromatic rings. The van der Waals surface area contributed by atoms with Gasteiger partial charge in [0.05, 0.1) is 29.9 Å². The van der Waals surface area contributed by atoms with Gasteiger partial charge in [0.2, 0.25) is 0 Å². The fourth-order valence-electron chi connectivity index (χ4n) is 3.40. The van der Waals surface area contributed by atoms with Crippen molar-refractivity contribution < 1.29 is 18.6 Å². The second-order valence-corrected chi connectivity index (χ2v) is 8.16. The summed E-state index contributed by atoms with van der Waals surface area (Å²) in [6, 6.07) is 8.02. The summed E-state index contributed by atoms with van der Waals surface area (Å²) in [6.45, 7) is 8.91. The highest BCUT2D eigenvalue weighted by Crippen LogP contribution is 2.37. The molecule has 0 atom stereocenters. The average molecular weight is 471 g/mol. The first-order valence-electron chi connectivity index (χ1n) is 10.6. The predicted octanol–water partition coefficient (Wildman–Crippen LogP) is 4.92. The molecule has 31 heavy (non-hydrogen) atoms. The number of hydrogen-bond acceptors (Lipinski definition) is 5. The lowest BCUT2D eigenvalue weighted by molar-refractivity contribution is 0.0374. The first kappa shape index (κ1) is 24.1. The Balaban J connectivity index is 1.54. The van der Waals surface area contributed by atoms with E-state index in [1.165, 1.54) is 12.1 Å². The molecular formula is C23H29Cl2FN2O3. The van der Waals surface area contributed by atoms with Crippen molar-refractivity contribution >= 4 is 23.2 Å². The van der Waals surface area contributed by atoms with E-state index in [0.29, 0.717) is 40.3 Å². The monoisotopic (exact) mass is 470 g/mol. The normalized spacial score (nSPS) is 14.6. The van der Waals surface area contributed by atoms with E-state index in [2.05, 4.69) is 10.2 Å². The van der Waals surface area contributed by atoms with Crippen molar-refractivity contribution in [2.24, 2.45) is 0 Å². The van der Waals surface area contributed by atoms with Gasteiger partial charge < -0.3 is 19.5 Å². The number of nitrogens with one attached hydrogen (secondary N) is 1. The summed E-state index contributed by atoms with van der Waals surface area (Å²) in [6.07, 6.45) is 1.08. The van der Waals surface area contributed by atoms with Crippen LogP contribution in [0.4, 0.5) is 4.39 Å². The Labute approximate surface area is 193 Å². The maximum atomic E-state index is 13.2. The van der Waals surface area contributed by atoms with Gasteiger partial charge in [0.15, 0.2) is 11.5 Å². The molecule has 0 unspecified atom stereocenters. The van der Waals surface area contributed by atoms with Gasteiger partial charge >= 0.3 is 0 Å². The summed E-state index contributed by atoms with van der Waals surface area (Å²) in [5, 5.41) is 4.24. The molecule has 5 nitrogen and oxygen atoms in total. The Hall–Kier alpha value is -1.57. The fraction of sp³-hybridized carbons (Fsp3) is 0.478. The average Bonchev–Trinajstić information content (AvgIpc) is 2.75. The van der Waals surface area contributed by atoms with Gasteiger partial charge in [-0.25, -0.2) is 4.39 Å². The molecule has 2 aromatic carbocycles.